The highest BCUT2D eigenvalue weighted by molar-refractivity contribution is 14.1. The molecule has 1 rings (SSSR count). The third-order valence-electron chi connectivity index (χ3n) is 4.79. The van der Waals surface area contributed by atoms with E-state index in [1.54, 1.807) is 0 Å². The van der Waals surface area contributed by atoms with Crippen LogP contribution in [-0.4, -0.2) is 3.42 Å². The van der Waals surface area contributed by atoms with Gasteiger partial charge in [0.05, 0.1) is 0 Å². The molecule has 1 heteroatoms. The Bertz CT molecular complexity index is 197. The third-order valence-corrected chi connectivity index (χ3v) is 6.39. The van der Waals surface area contributed by atoms with E-state index in [0.29, 0.717) is 8.84 Å². The first-order valence-electron chi connectivity index (χ1n) is 6.01. The molecule has 0 spiro atoms. The summed E-state index contributed by atoms with van der Waals surface area (Å²) < 4.78 is 0.546. The van der Waals surface area contributed by atoms with Gasteiger partial charge < -0.3 is 0 Å². The van der Waals surface area contributed by atoms with Crippen LogP contribution in [0.2, 0.25) is 0 Å². The van der Waals surface area contributed by atoms with Crippen LogP contribution < -0.4 is 0 Å². The van der Waals surface area contributed by atoms with Crippen molar-refractivity contribution in [1.82, 2.24) is 0 Å². The second kappa shape index (κ2) is 4.31. The summed E-state index contributed by atoms with van der Waals surface area (Å²) in [5, 5.41) is 0. The molecule has 0 heterocycles. The van der Waals surface area contributed by atoms with Gasteiger partial charge in [-0.1, -0.05) is 63.6 Å². The van der Waals surface area contributed by atoms with Gasteiger partial charge in [-0.15, -0.1) is 0 Å². The summed E-state index contributed by atoms with van der Waals surface area (Å²) >= 11 is 2.67. The number of halogens is 1. The van der Waals surface area contributed by atoms with Crippen LogP contribution in [0.15, 0.2) is 0 Å². The van der Waals surface area contributed by atoms with Crippen LogP contribution in [0.4, 0.5) is 0 Å². The average Bonchev–Trinajstić information content (AvgIpc) is 2.11. The molecule has 4 atom stereocenters. The van der Waals surface area contributed by atoms with Crippen molar-refractivity contribution in [3.8, 4) is 0 Å². The lowest BCUT2D eigenvalue weighted by atomic mass is 9.61. The second-order valence-electron chi connectivity index (χ2n) is 5.85. The predicted molar refractivity (Wildman–Crippen MR) is 73.0 cm³/mol. The molecular formula is C13H25I. The summed E-state index contributed by atoms with van der Waals surface area (Å²) in [6.45, 7) is 12.1. The number of hydrogen-bond donors (Lipinski definition) is 0. The van der Waals surface area contributed by atoms with Gasteiger partial charge in [-0.05, 0) is 36.5 Å². The minimum absolute atomic E-state index is 0.546. The molecule has 0 aromatic heterocycles. The van der Waals surface area contributed by atoms with Crippen molar-refractivity contribution in [2.45, 2.75) is 63.7 Å². The zero-order valence-corrected chi connectivity index (χ0v) is 12.5. The van der Waals surface area contributed by atoms with Crippen molar-refractivity contribution in [1.29, 1.82) is 0 Å². The van der Waals surface area contributed by atoms with Crippen molar-refractivity contribution < 1.29 is 0 Å². The maximum absolute atomic E-state index is 2.67. The Morgan fingerprint density at radius 2 is 1.93 bits per heavy atom. The van der Waals surface area contributed by atoms with E-state index in [4.69, 9.17) is 0 Å². The van der Waals surface area contributed by atoms with Crippen molar-refractivity contribution in [2.24, 2.45) is 17.3 Å². The van der Waals surface area contributed by atoms with E-state index >= 15 is 0 Å². The van der Waals surface area contributed by atoms with Crippen LogP contribution in [0.25, 0.3) is 0 Å². The SMILES string of the molecule is CCC(C)C1(C)CCC(C)(I)C(C)C1. The van der Waals surface area contributed by atoms with Crippen LogP contribution in [0, 0.1) is 17.3 Å². The maximum Gasteiger partial charge on any atom is 0.0220 e. The topological polar surface area (TPSA) is 0 Å². The van der Waals surface area contributed by atoms with Crippen molar-refractivity contribution in [2.75, 3.05) is 0 Å². The smallest absolute Gasteiger partial charge is 0.0220 e. The van der Waals surface area contributed by atoms with Crippen molar-refractivity contribution in [3.63, 3.8) is 0 Å². The van der Waals surface area contributed by atoms with Gasteiger partial charge in [-0.2, -0.15) is 0 Å². The Hall–Kier alpha value is 0.730. The summed E-state index contributed by atoms with van der Waals surface area (Å²) in [4.78, 5) is 0. The zero-order valence-electron chi connectivity index (χ0n) is 10.4. The quantitative estimate of drug-likeness (QED) is 0.494. The Morgan fingerprint density at radius 1 is 1.36 bits per heavy atom. The fraction of sp³-hybridized carbons (Fsp3) is 1.00. The number of rotatable bonds is 2. The molecule has 0 bridgehead atoms. The molecule has 1 aliphatic rings. The Morgan fingerprint density at radius 3 is 2.36 bits per heavy atom. The van der Waals surface area contributed by atoms with Gasteiger partial charge >= 0.3 is 0 Å². The predicted octanol–water partition coefficient (Wildman–Crippen LogP) is 5.05. The van der Waals surface area contributed by atoms with Crippen molar-refractivity contribution >= 4 is 22.6 Å². The van der Waals surface area contributed by atoms with E-state index in [-0.39, 0.29) is 0 Å². The highest BCUT2D eigenvalue weighted by Crippen LogP contribution is 2.52. The maximum atomic E-state index is 2.67. The normalized spacial score (nSPS) is 46.3. The fourth-order valence-corrected chi connectivity index (χ4v) is 3.22. The van der Waals surface area contributed by atoms with E-state index in [1.165, 1.54) is 25.7 Å². The molecule has 0 N–H and O–H groups in total. The summed E-state index contributed by atoms with van der Waals surface area (Å²) in [7, 11) is 0. The molecular weight excluding hydrogens is 283 g/mol. The molecule has 1 saturated carbocycles. The van der Waals surface area contributed by atoms with Crippen LogP contribution in [0.3, 0.4) is 0 Å². The highest BCUT2D eigenvalue weighted by atomic mass is 127. The lowest BCUT2D eigenvalue weighted by Crippen LogP contribution is -2.41. The van der Waals surface area contributed by atoms with E-state index in [0.717, 1.165) is 11.8 Å². The van der Waals surface area contributed by atoms with Gasteiger partial charge in [0.25, 0.3) is 0 Å². The van der Waals surface area contributed by atoms with Gasteiger partial charge in [0.2, 0.25) is 0 Å². The van der Waals surface area contributed by atoms with Gasteiger partial charge in [0.1, 0.15) is 0 Å². The average molecular weight is 308 g/mol. The van der Waals surface area contributed by atoms with Crippen LogP contribution in [0.5, 0.6) is 0 Å². The molecule has 1 fully saturated rings. The molecule has 84 valence electrons. The minimum atomic E-state index is 0.546. The van der Waals surface area contributed by atoms with Crippen LogP contribution in [0.1, 0.15) is 60.3 Å². The second-order valence-corrected chi connectivity index (χ2v) is 8.31. The molecule has 0 aromatic carbocycles. The molecule has 0 saturated heterocycles. The van der Waals surface area contributed by atoms with Crippen LogP contribution >= 0.6 is 22.6 Å². The Kier molecular flexibility index (Phi) is 3.94. The molecule has 4 unspecified atom stereocenters. The molecule has 0 aliphatic heterocycles. The summed E-state index contributed by atoms with van der Waals surface area (Å²) in [6.07, 6.45) is 5.57. The molecule has 0 radical (unpaired) electrons. The van der Waals surface area contributed by atoms with Gasteiger partial charge in [0, 0.05) is 3.42 Å². The first kappa shape index (κ1) is 12.8. The number of alkyl halides is 1. The standard InChI is InChI=1S/C13H25I/c1-6-10(2)12(4)7-8-13(5,14)11(3)9-12/h10-11H,6-9H2,1-5H3. The highest BCUT2D eigenvalue weighted by Gasteiger charge is 2.42. The fourth-order valence-electron chi connectivity index (χ4n) is 2.73. The summed E-state index contributed by atoms with van der Waals surface area (Å²) in [5.74, 6) is 1.76. The Balaban J connectivity index is 2.70. The summed E-state index contributed by atoms with van der Waals surface area (Å²) in [5.41, 5.74) is 0.610. The monoisotopic (exact) mass is 308 g/mol. The molecule has 14 heavy (non-hydrogen) atoms. The molecule has 1 aliphatic carbocycles. The van der Waals surface area contributed by atoms with E-state index in [2.05, 4.69) is 57.2 Å². The van der Waals surface area contributed by atoms with Gasteiger partial charge in [0.15, 0.2) is 0 Å². The van der Waals surface area contributed by atoms with Gasteiger partial charge in [-0.3, -0.25) is 0 Å². The Labute approximate surface area is 103 Å². The molecule has 0 aromatic rings. The molecule has 0 nitrogen and oxygen atoms in total. The number of hydrogen-bond acceptors (Lipinski definition) is 0. The first-order chi connectivity index (χ1) is 6.32. The lowest BCUT2D eigenvalue weighted by molar-refractivity contribution is 0.0822. The largest absolute Gasteiger partial charge is 0.0789 e. The van der Waals surface area contributed by atoms with E-state index < -0.39 is 0 Å². The lowest BCUT2D eigenvalue weighted by Gasteiger charge is -2.48. The third kappa shape index (κ3) is 2.45. The summed E-state index contributed by atoms with van der Waals surface area (Å²) in [6, 6.07) is 0. The first-order valence-corrected chi connectivity index (χ1v) is 7.08. The van der Waals surface area contributed by atoms with Gasteiger partial charge in [-0.25, -0.2) is 0 Å². The van der Waals surface area contributed by atoms with E-state index in [9.17, 15) is 0 Å². The van der Waals surface area contributed by atoms with Crippen molar-refractivity contribution in [3.05, 3.63) is 0 Å². The minimum Gasteiger partial charge on any atom is -0.0789 e. The molecule has 0 amide bonds. The zero-order chi connectivity index (χ0) is 11.0. The van der Waals surface area contributed by atoms with Crippen LogP contribution in [-0.2, 0) is 0 Å². The van der Waals surface area contributed by atoms with E-state index in [1.807, 2.05) is 0 Å².